The highest BCUT2D eigenvalue weighted by Gasteiger charge is 2.10. The standard InChI is InChI=1S/C12H10F2IN3/c1-16-12-9(15)6-17-11(18-12)8-4-2-3-7(5-8)10(13)14/h2-6,10H,1H3,(H,16,17,18). The molecule has 94 valence electrons. The Morgan fingerprint density at radius 1 is 1.33 bits per heavy atom. The molecule has 0 radical (unpaired) electrons. The third-order valence-corrected chi connectivity index (χ3v) is 3.17. The second-order valence-corrected chi connectivity index (χ2v) is 4.73. The Morgan fingerprint density at radius 3 is 2.78 bits per heavy atom. The van der Waals surface area contributed by atoms with Crippen LogP contribution >= 0.6 is 22.6 Å². The van der Waals surface area contributed by atoms with E-state index in [-0.39, 0.29) is 5.56 Å². The van der Waals surface area contributed by atoms with Gasteiger partial charge in [-0.25, -0.2) is 18.7 Å². The third-order valence-electron chi connectivity index (χ3n) is 2.38. The van der Waals surface area contributed by atoms with Crippen molar-refractivity contribution in [2.45, 2.75) is 6.43 Å². The molecule has 0 aliphatic rings. The van der Waals surface area contributed by atoms with Crippen molar-refractivity contribution in [3.63, 3.8) is 0 Å². The van der Waals surface area contributed by atoms with E-state index in [1.807, 2.05) is 0 Å². The van der Waals surface area contributed by atoms with Gasteiger partial charge in [0.2, 0.25) is 0 Å². The number of halogens is 3. The number of rotatable bonds is 3. The molecule has 0 fully saturated rings. The zero-order valence-corrected chi connectivity index (χ0v) is 11.6. The summed E-state index contributed by atoms with van der Waals surface area (Å²) >= 11 is 2.11. The summed E-state index contributed by atoms with van der Waals surface area (Å²) in [6.45, 7) is 0. The van der Waals surface area contributed by atoms with Crippen LogP contribution in [0.2, 0.25) is 0 Å². The number of nitrogens with zero attached hydrogens (tertiary/aromatic N) is 2. The number of anilines is 1. The SMILES string of the molecule is CNc1nc(-c2cccc(C(F)F)c2)ncc1I. The van der Waals surface area contributed by atoms with Crippen molar-refractivity contribution < 1.29 is 8.78 Å². The normalized spacial score (nSPS) is 10.7. The molecule has 0 unspecified atom stereocenters. The smallest absolute Gasteiger partial charge is 0.263 e. The van der Waals surface area contributed by atoms with Gasteiger partial charge in [0, 0.05) is 24.4 Å². The summed E-state index contributed by atoms with van der Waals surface area (Å²) in [6.07, 6.45) is -0.832. The molecule has 1 aromatic carbocycles. The van der Waals surface area contributed by atoms with E-state index < -0.39 is 6.43 Å². The molecule has 2 rings (SSSR count). The number of nitrogens with one attached hydrogen (secondary N) is 1. The van der Waals surface area contributed by atoms with Gasteiger partial charge >= 0.3 is 0 Å². The lowest BCUT2D eigenvalue weighted by molar-refractivity contribution is 0.151. The van der Waals surface area contributed by atoms with Gasteiger partial charge in [-0.15, -0.1) is 0 Å². The maximum Gasteiger partial charge on any atom is 0.263 e. The van der Waals surface area contributed by atoms with Crippen LogP contribution in [0.1, 0.15) is 12.0 Å². The van der Waals surface area contributed by atoms with Crippen LogP contribution in [0.4, 0.5) is 14.6 Å². The first-order chi connectivity index (χ1) is 8.61. The van der Waals surface area contributed by atoms with E-state index in [0.29, 0.717) is 17.2 Å². The second-order valence-electron chi connectivity index (χ2n) is 3.57. The molecule has 0 aliphatic heterocycles. The summed E-state index contributed by atoms with van der Waals surface area (Å²) in [4.78, 5) is 8.44. The Labute approximate surface area is 117 Å². The van der Waals surface area contributed by atoms with Crippen molar-refractivity contribution in [3.8, 4) is 11.4 Å². The highest BCUT2D eigenvalue weighted by Crippen LogP contribution is 2.25. The summed E-state index contributed by atoms with van der Waals surface area (Å²) < 4.78 is 26.1. The Balaban J connectivity index is 2.45. The first-order valence-electron chi connectivity index (χ1n) is 5.20. The number of benzene rings is 1. The summed E-state index contributed by atoms with van der Waals surface area (Å²) in [5, 5.41) is 2.94. The average Bonchev–Trinajstić information content (AvgIpc) is 2.39. The van der Waals surface area contributed by atoms with Gasteiger partial charge in [-0.3, -0.25) is 0 Å². The van der Waals surface area contributed by atoms with E-state index in [4.69, 9.17) is 0 Å². The van der Waals surface area contributed by atoms with Crippen molar-refractivity contribution in [1.82, 2.24) is 9.97 Å². The maximum atomic E-state index is 12.6. The van der Waals surface area contributed by atoms with Gasteiger partial charge in [0.15, 0.2) is 5.82 Å². The van der Waals surface area contributed by atoms with Crippen molar-refractivity contribution in [2.75, 3.05) is 12.4 Å². The number of alkyl halides is 2. The molecule has 0 aliphatic carbocycles. The van der Waals surface area contributed by atoms with E-state index in [2.05, 4.69) is 37.9 Å². The Hall–Kier alpha value is -1.31. The van der Waals surface area contributed by atoms with Gasteiger partial charge < -0.3 is 5.32 Å². The number of hydrogen-bond donors (Lipinski definition) is 1. The summed E-state index contributed by atoms with van der Waals surface area (Å²) in [6, 6.07) is 6.09. The topological polar surface area (TPSA) is 37.8 Å². The van der Waals surface area contributed by atoms with E-state index in [1.54, 1.807) is 25.4 Å². The van der Waals surface area contributed by atoms with Gasteiger partial charge in [0.25, 0.3) is 6.43 Å². The Kier molecular flexibility index (Phi) is 4.05. The largest absolute Gasteiger partial charge is 0.372 e. The van der Waals surface area contributed by atoms with Crippen LogP contribution in [0.15, 0.2) is 30.5 Å². The highest BCUT2D eigenvalue weighted by molar-refractivity contribution is 14.1. The molecule has 6 heteroatoms. The lowest BCUT2D eigenvalue weighted by Crippen LogP contribution is -1.99. The lowest BCUT2D eigenvalue weighted by Gasteiger charge is -2.07. The first-order valence-corrected chi connectivity index (χ1v) is 6.28. The van der Waals surface area contributed by atoms with Gasteiger partial charge in [0.1, 0.15) is 5.82 Å². The molecule has 1 aromatic heterocycles. The fourth-order valence-corrected chi connectivity index (χ4v) is 2.02. The molecular formula is C12H10F2IN3. The molecule has 0 saturated carbocycles. The first kappa shape index (κ1) is 13.1. The molecule has 0 saturated heterocycles. The maximum absolute atomic E-state index is 12.6. The fraction of sp³-hybridized carbons (Fsp3) is 0.167. The molecule has 1 N–H and O–H groups in total. The molecule has 3 nitrogen and oxygen atoms in total. The highest BCUT2D eigenvalue weighted by atomic mass is 127. The van der Waals surface area contributed by atoms with Crippen LogP contribution in [0.5, 0.6) is 0 Å². The molecule has 2 aromatic rings. The van der Waals surface area contributed by atoms with Gasteiger partial charge in [-0.2, -0.15) is 0 Å². The zero-order valence-electron chi connectivity index (χ0n) is 9.49. The molecule has 0 amide bonds. The van der Waals surface area contributed by atoms with Gasteiger partial charge in [-0.1, -0.05) is 18.2 Å². The Morgan fingerprint density at radius 2 is 2.11 bits per heavy atom. The minimum absolute atomic E-state index is 0.0272. The van der Waals surface area contributed by atoms with Crippen LogP contribution in [0, 0.1) is 3.57 Å². The molecule has 0 bridgehead atoms. The van der Waals surface area contributed by atoms with E-state index in [0.717, 1.165) is 3.57 Å². The van der Waals surface area contributed by atoms with Gasteiger partial charge in [0.05, 0.1) is 3.57 Å². The fourth-order valence-electron chi connectivity index (χ4n) is 1.50. The molecule has 0 spiro atoms. The van der Waals surface area contributed by atoms with Crippen LogP contribution in [-0.4, -0.2) is 17.0 Å². The predicted molar refractivity (Wildman–Crippen MR) is 74.7 cm³/mol. The minimum Gasteiger partial charge on any atom is -0.372 e. The van der Waals surface area contributed by atoms with Crippen LogP contribution in [0.3, 0.4) is 0 Å². The minimum atomic E-state index is -2.49. The zero-order chi connectivity index (χ0) is 13.1. The van der Waals surface area contributed by atoms with E-state index in [9.17, 15) is 8.78 Å². The quantitative estimate of drug-likeness (QED) is 0.847. The van der Waals surface area contributed by atoms with Crippen LogP contribution in [-0.2, 0) is 0 Å². The van der Waals surface area contributed by atoms with E-state index in [1.165, 1.54) is 12.1 Å². The van der Waals surface area contributed by atoms with Gasteiger partial charge in [-0.05, 0) is 28.7 Å². The number of aromatic nitrogens is 2. The third kappa shape index (κ3) is 2.74. The lowest BCUT2D eigenvalue weighted by atomic mass is 10.1. The molecule has 1 heterocycles. The summed E-state index contributed by atoms with van der Waals surface area (Å²) in [5.41, 5.74) is 0.557. The molecule has 18 heavy (non-hydrogen) atoms. The van der Waals surface area contributed by atoms with Crippen LogP contribution in [0.25, 0.3) is 11.4 Å². The predicted octanol–water partition coefficient (Wildman–Crippen LogP) is 3.73. The van der Waals surface area contributed by atoms with Crippen LogP contribution < -0.4 is 5.32 Å². The van der Waals surface area contributed by atoms with E-state index >= 15 is 0 Å². The van der Waals surface area contributed by atoms with Crippen molar-refractivity contribution in [3.05, 3.63) is 39.6 Å². The average molecular weight is 361 g/mol. The van der Waals surface area contributed by atoms with Crippen molar-refractivity contribution >= 4 is 28.4 Å². The van der Waals surface area contributed by atoms with Crippen molar-refractivity contribution in [1.29, 1.82) is 0 Å². The second kappa shape index (κ2) is 5.55. The Bertz CT molecular complexity index is 561. The van der Waals surface area contributed by atoms with Crippen molar-refractivity contribution in [2.24, 2.45) is 0 Å². The summed E-state index contributed by atoms with van der Waals surface area (Å²) in [7, 11) is 1.75. The summed E-state index contributed by atoms with van der Waals surface area (Å²) in [5.74, 6) is 1.12. The number of hydrogen-bond acceptors (Lipinski definition) is 3. The monoisotopic (exact) mass is 361 g/mol. The molecular weight excluding hydrogens is 351 g/mol. The molecule has 0 atom stereocenters.